The fourth-order valence-corrected chi connectivity index (χ4v) is 5.05. The van der Waals surface area contributed by atoms with Crippen LogP contribution in [-0.2, 0) is 4.79 Å². The van der Waals surface area contributed by atoms with E-state index >= 15 is 0 Å². The number of piperazine rings is 1. The Morgan fingerprint density at radius 2 is 1.88 bits per heavy atom. The molecule has 1 aromatic heterocycles. The number of carbonyl (C=O) groups is 1. The average Bonchev–Trinajstić information content (AvgIpc) is 2.82. The van der Waals surface area contributed by atoms with Crippen molar-refractivity contribution >= 4 is 40.2 Å². The molecule has 32 heavy (non-hydrogen) atoms. The number of para-hydroxylation sites is 1. The zero-order valence-corrected chi connectivity index (χ0v) is 19.7. The van der Waals surface area contributed by atoms with Gasteiger partial charge in [-0.3, -0.25) is 14.2 Å². The zero-order valence-electron chi connectivity index (χ0n) is 18.2. The van der Waals surface area contributed by atoms with Gasteiger partial charge < -0.3 is 9.80 Å². The molecule has 168 valence electrons. The Kier molecular flexibility index (Phi) is 7.50. The number of rotatable bonds is 7. The predicted octanol–water partition coefficient (Wildman–Crippen LogP) is 4.08. The van der Waals surface area contributed by atoms with E-state index in [1.807, 2.05) is 35.2 Å². The first-order valence-electron chi connectivity index (χ1n) is 11.0. The Morgan fingerprint density at radius 1 is 1.09 bits per heavy atom. The molecule has 0 saturated carbocycles. The summed E-state index contributed by atoms with van der Waals surface area (Å²) < 4.78 is 1.62. The third kappa shape index (κ3) is 5.17. The second kappa shape index (κ2) is 10.5. The van der Waals surface area contributed by atoms with Crippen molar-refractivity contribution in [1.29, 1.82) is 0 Å². The largest absolute Gasteiger partial charge is 0.340 e. The third-order valence-electron chi connectivity index (χ3n) is 5.75. The van der Waals surface area contributed by atoms with E-state index in [-0.39, 0.29) is 11.5 Å². The first-order chi connectivity index (χ1) is 15.6. The van der Waals surface area contributed by atoms with Gasteiger partial charge in [-0.1, -0.05) is 48.5 Å². The Morgan fingerprint density at radius 3 is 2.62 bits per heavy atom. The molecule has 1 aliphatic rings. The maximum Gasteiger partial charge on any atom is 0.266 e. The first-order valence-corrected chi connectivity index (χ1v) is 12.3. The van der Waals surface area contributed by atoms with Gasteiger partial charge >= 0.3 is 0 Å². The highest BCUT2D eigenvalue weighted by molar-refractivity contribution is 7.99. The molecule has 1 amide bonds. The molecule has 2 aromatic carbocycles. The zero-order chi connectivity index (χ0) is 22.5. The fraction of sp³-hybridized carbons (Fsp3) is 0.375. The quantitative estimate of drug-likeness (QED) is 0.296. The molecule has 4 rings (SSSR count). The van der Waals surface area contributed by atoms with Gasteiger partial charge in [0.1, 0.15) is 0 Å². The van der Waals surface area contributed by atoms with Crippen molar-refractivity contribution in [3.05, 3.63) is 63.9 Å². The molecule has 2 heterocycles. The molecule has 8 heteroatoms. The van der Waals surface area contributed by atoms with Crippen molar-refractivity contribution in [2.24, 2.45) is 0 Å². The highest BCUT2D eigenvalue weighted by Gasteiger charge is 2.20. The molecule has 0 radical (unpaired) electrons. The summed E-state index contributed by atoms with van der Waals surface area (Å²) in [6.45, 7) is 6.69. The minimum absolute atomic E-state index is 0.120. The van der Waals surface area contributed by atoms with E-state index in [0.717, 1.165) is 39.1 Å². The number of likely N-dealkylation sites (N-methyl/N-ethyl adjacent to an activating group) is 1. The minimum atomic E-state index is -0.120. The highest BCUT2D eigenvalue weighted by atomic mass is 35.5. The van der Waals surface area contributed by atoms with Gasteiger partial charge in [-0.2, -0.15) is 0 Å². The summed E-state index contributed by atoms with van der Waals surface area (Å²) in [6, 6.07) is 14.6. The fourth-order valence-electron chi connectivity index (χ4n) is 3.91. The summed E-state index contributed by atoms with van der Waals surface area (Å²) in [5.41, 5.74) is 1.24. The normalized spacial score (nSPS) is 14.8. The van der Waals surface area contributed by atoms with Crippen molar-refractivity contribution in [3.63, 3.8) is 0 Å². The van der Waals surface area contributed by atoms with E-state index in [9.17, 15) is 9.59 Å². The Labute approximate surface area is 197 Å². The lowest BCUT2D eigenvalue weighted by Crippen LogP contribution is -2.48. The summed E-state index contributed by atoms with van der Waals surface area (Å²) in [5, 5.41) is 1.74. The van der Waals surface area contributed by atoms with Gasteiger partial charge in [-0.15, -0.1) is 0 Å². The lowest BCUT2D eigenvalue weighted by molar-refractivity contribution is -0.132. The molecule has 3 aromatic rings. The first kappa shape index (κ1) is 22.8. The standard InChI is InChI=1S/C24H27ClN4O2S/c1-2-27-12-14-28(15-13-27)22(30)11-6-16-32-24-26-21-10-4-3-9-20(21)23(31)29(24)19-8-5-7-18(25)17-19/h3-5,7-10,17H,2,6,11-16H2,1H3. The number of nitrogens with zero attached hydrogens (tertiary/aromatic N) is 4. The number of aromatic nitrogens is 2. The van der Waals surface area contributed by atoms with Crippen LogP contribution in [0.5, 0.6) is 0 Å². The van der Waals surface area contributed by atoms with Crippen molar-refractivity contribution in [2.45, 2.75) is 24.9 Å². The number of hydrogen-bond donors (Lipinski definition) is 0. The van der Waals surface area contributed by atoms with Crippen LogP contribution in [0.3, 0.4) is 0 Å². The van der Waals surface area contributed by atoms with Gasteiger partial charge in [0.15, 0.2) is 5.16 Å². The number of halogens is 1. The molecule has 0 spiro atoms. The lowest BCUT2D eigenvalue weighted by Gasteiger charge is -2.34. The van der Waals surface area contributed by atoms with Crippen LogP contribution in [0.2, 0.25) is 5.02 Å². The molecule has 1 fully saturated rings. The van der Waals surface area contributed by atoms with E-state index in [1.165, 1.54) is 11.8 Å². The van der Waals surface area contributed by atoms with Gasteiger partial charge in [0, 0.05) is 43.4 Å². The van der Waals surface area contributed by atoms with Crippen molar-refractivity contribution < 1.29 is 4.79 Å². The van der Waals surface area contributed by atoms with Crippen molar-refractivity contribution in [1.82, 2.24) is 19.4 Å². The van der Waals surface area contributed by atoms with Crippen LogP contribution in [0.4, 0.5) is 0 Å². The molecule has 0 N–H and O–H groups in total. The molecular formula is C24H27ClN4O2S. The van der Waals surface area contributed by atoms with Crippen molar-refractivity contribution in [2.75, 3.05) is 38.5 Å². The molecule has 6 nitrogen and oxygen atoms in total. The smallest absolute Gasteiger partial charge is 0.266 e. The molecule has 0 bridgehead atoms. The van der Waals surface area contributed by atoms with Crippen molar-refractivity contribution in [3.8, 4) is 5.69 Å². The van der Waals surface area contributed by atoms with E-state index < -0.39 is 0 Å². The van der Waals surface area contributed by atoms with Crippen LogP contribution in [0.25, 0.3) is 16.6 Å². The maximum atomic E-state index is 13.3. The van der Waals surface area contributed by atoms with Crippen LogP contribution in [-0.4, -0.2) is 63.7 Å². The number of amides is 1. The molecule has 1 saturated heterocycles. The summed E-state index contributed by atoms with van der Waals surface area (Å²) in [4.78, 5) is 34.9. The summed E-state index contributed by atoms with van der Waals surface area (Å²) in [7, 11) is 0. The van der Waals surface area contributed by atoms with E-state index in [0.29, 0.717) is 38.9 Å². The van der Waals surface area contributed by atoms with Crippen LogP contribution < -0.4 is 5.56 Å². The van der Waals surface area contributed by atoms with Crippen LogP contribution >= 0.6 is 23.4 Å². The third-order valence-corrected chi connectivity index (χ3v) is 7.01. The number of fused-ring (bicyclic) bond motifs is 1. The van der Waals surface area contributed by atoms with Gasteiger partial charge in [0.05, 0.1) is 16.6 Å². The number of carbonyl (C=O) groups excluding carboxylic acids is 1. The van der Waals surface area contributed by atoms with Crippen LogP contribution in [0.15, 0.2) is 58.5 Å². The van der Waals surface area contributed by atoms with Crippen LogP contribution in [0, 0.1) is 0 Å². The number of hydrogen-bond acceptors (Lipinski definition) is 5. The summed E-state index contributed by atoms with van der Waals surface area (Å²) in [6.07, 6.45) is 1.24. The van der Waals surface area contributed by atoms with Gasteiger partial charge in [0.25, 0.3) is 5.56 Å². The number of thioether (sulfide) groups is 1. The summed E-state index contributed by atoms with van der Waals surface area (Å²) >= 11 is 7.68. The topological polar surface area (TPSA) is 58.4 Å². The Hall–Kier alpha value is -2.35. The molecule has 1 aliphatic heterocycles. The Balaban J connectivity index is 1.47. The van der Waals surface area contributed by atoms with E-state index in [4.69, 9.17) is 16.6 Å². The average molecular weight is 471 g/mol. The van der Waals surface area contributed by atoms with Gasteiger partial charge in [-0.05, 0) is 43.3 Å². The van der Waals surface area contributed by atoms with Crippen LogP contribution in [0.1, 0.15) is 19.8 Å². The predicted molar refractivity (Wildman–Crippen MR) is 131 cm³/mol. The molecular weight excluding hydrogens is 444 g/mol. The minimum Gasteiger partial charge on any atom is -0.340 e. The Bertz CT molecular complexity index is 1160. The lowest BCUT2D eigenvalue weighted by atomic mass is 10.2. The highest BCUT2D eigenvalue weighted by Crippen LogP contribution is 2.24. The summed E-state index contributed by atoms with van der Waals surface area (Å²) in [5.74, 6) is 0.909. The molecule has 0 unspecified atom stereocenters. The second-order valence-electron chi connectivity index (χ2n) is 7.80. The van der Waals surface area contributed by atoms with E-state index in [1.54, 1.807) is 22.8 Å². The monoisotopic (exact) mass is 470 g/mol. The molecule has 0 atom stereocenters. The van der Waals surface area contributed by atoms with Gasteiger partial charge in [0.2, 0.25) is 5.91 Å². The molecule has 0 aliphatic carbocycles. The maximum absolute atomic E-state index is 13.3. The van der Waals surface area contributed by atoms with Gasteiger partial charge in [-0.25, -0.2) is 4.98 Å². The number of benzene rings is 2. The SMILES string of the molecule is CCN1CCN(C(=O)CCCSc2nc3ccccc3c(=O)n2-c2cccc(Cl)c2)CC1. The van der Waals surface area contributed by atoms with E-state index in [2.05, 4.69) is 11.8 Å². The second-order valence-corrected chi connectivity index (χ2v) is 9.30.